The van der Waals surface area contributed by atoms with Gasteiger partial charge in [-0.1, -0.05) is 18.2 Å². The largest absolute Gasteiger partial charge is 0.487 e. The lowest BCUT2D eigenvalue weighted by atomic mass is 10.1. The number of nitrogens with zero attached hydrogens (tertiary/aromatic N) is 2. The Bertz CT molecular complexity index is 757. The highest BCUT2D eigenvalue weighted by atomic mass is 32.1. The molecule has 1 aliphatic rings. The minimum atomic E-state index is 0.0407. The molecule has 6 heteroatoms. The Balaban J connectivity index is 1.66. The van der Waals surface area contributed by atoms with E-state index < -0.39 is 0 Å². The summed E-state index contributed by atoms with van der Waals surface area (Å²) >= 11 is 1.61. The number of nitrogens with one attached hydrogen (secondary N) is 1. The number of rotatable bonds is 5. The second-order valence-corrected chi connectivity index (χ2v) is 7.16. The number of thiazole rings is 1. The van der Waals surface area contributed by atoms with Gasteiger partial charge in [0.15, 0.2) is 0 Å². The molecule has 0 bridgehead atoms. The summed E-state index contributed by atoms with van der Waals surface area (Å²) in [6.07, 6.45) is 3.47. The number of amides is 1. The van der Waals surface area contributed by atoms with Gasteiger partial charge < -0.3 is 15.0 Å². The van der Waals surface area contributed by atoms with E-state index in [0.717, 1.165) is 41.6 Å². The Morgan fingerprint density at radius 3 is 3.08 bits per heavy atom. The maximum Gasteiger partial charge on any atom is 0.246 e. The van der Waals surface area contributed by atoms with Gasteiger partial charge >= 0.3 is 0 Å². The van der Waals surface area contributed by atoms with E-state index in [-0.39, 0.29) is 11.9 Å². The zero-order chi connectivity index (χ0) is 17.6. The van der Waals surface area contributed by atoms with Crippen LogP contribution in [0.15, 0.2) is 35.7 Å². The van der Waals surface area contributed by atoms with Crippen molar-refractivity contribution in [3.8, 4) is 5.75 Å². The first kappa shape index (κ1) is 17.6. The van der Waals surface area contributed by atoms with Crippen LogP contribution in [0.1, 0.15) is 23.2 Å². The lowest BCUT2D eigenvalue weighted by Gasteiger charge is -2.33. The molecule has 1 aromatic heterocycles. The second-order valence-electron chi connectivity index (χ2n) is 6.10. The monoisotopic (exact) mass is 357 g/mol. The highest BCUT2D eigenvalue weighted by Gasteiger charge is 2.20. The minimum absolute atomic E-state index is 0.0407. The number of hydrogen-bond donors (Lipinski definition) is 1. The molecule has 1 saturated heterocycles. The van der Waals surface area contributed by atoms with Gasteiger partial charge in [0.1, 0.15) is 12.4 Å². The summed E-state index contributed by atoms with van der Waals surface area (Å²) in [5.74, 6) is 0.796. The molecular formula is C19H23N3O2S. The summed E-state index contributed by atoms with van der Waals surface area (Å²) in [6.45, 7) is 6.89. The lowest BCUT2D eigenvalue weighted by Crippen LogP contribution is -2.51. The molecule has 0 aliphatic carbocycles. The van der Waals surface area contributed by atoms with E-state index in [1.807, 2.05) is 47.5 Å². The van der Waals surface area contributed by atoms with Crippen molar-refractivity contribution in [2.24, 2.45) is 0 Å². The predicted molar refractivity (Wildman–Crippen MR) is 101 cm³/mol. The summed E-state index contributed by atoms with van der Waals surface area (Å²) in [5, 5.41) is 6.33. The highest BCUT2D eigenvalue weighted by Crippen LogP contribution is 2.21. The molecular weight excluding hydrogens is 334 g/mol. The maximum absolute atomic E-state index is 12.4. The third-order valence-electron chi connectivity index (χ3n) is 4.15. The number of para-hydroxylation sites is 1. The van der Waals surface area contributed by atoms with Gasteiger partial charge in [0.25, 0.3) is 0 Å². The van der Waals surface area contributed by atoms with Gasteiger partial charge in [-0.3, -0.25) is 4.79 Å². The van der Waals surface area contributed by atoms with E-state index in [9.17, 15) is 4.79 Å². The summed E-state index contributed by atoms with van der Waals surface area (Å²) in [5.41, 5.74) is 1.82. The summed E-state index contributed by atoms with van der Waals surface area (Å²) in [4.78, 5) is 18.7. The van der Waals surface area contributed by atoms with Gasteiger partial charge in [0.2, 0.25) is 5.91 Å². The molecule has 1 amide bonds. The predicted octanol–water partition coefficient (Wildman–Crippen LogP) is 2.86. The number of benzene rings is 1. The number of aromatic nitrogens is 1. The van der Waals surface area contributed by atoms with Crippen molar-refractivity contribution in [1.29, 1.82) is 0 Å². The van der Waals surface area contributed by atoms with Crippen LogP contribution >= 0.6 is 11.3 Å². The van der Waals surface area contributed by atoms with Crippen LogP contribution in [0.4, 0.5) is 0 Å². The summed E-state index contributed by atoms with van der Waals surface area (Å²) in [7, 11) is 0. The molecule has 0 saturated carbocycles. The quantitative estimate of drug-likeness (QED) is 0.836. The number of carbonyl (C=O) groups excluding carboxylic acids is 1. The zero-order valence-electron chi connectivity index (χ0n) is 14.6. The zero-order valence-corrected chi connectivity index (χ0v) is 15.4. The maximum atomic E-state index is 12.4. The standard InChI is InChI=1S/C19H23N3O2S/c1-14-11-20-9-10-22(14)19(23)8-7-16-5-3-4-6-18(16)24-12-17-13-25-15(2)21-17/h3-8,13-14,20H,9-12H2,1-2H3/b8-7+. The Morgan fingerprint density at radius 2 is 2.32 bits per heavy atom. The van der Waals surface area contributed by atoms with Crippen LogP contribution in [0, 0.1) is 6.92 Å². The van der Waals surface area contributed by atoms with Crippen LogP contribution in [-0.2, 0) is 11.4 Å². The van der Waals surface area contributed by atoms with Gasteiger partial charge in [0, 0.05) is 42.7 Å². The third kappa shape index (κ3) is 4.67. The normalized spacial score (nSPS) is 17.8. The van der Waals surface area contributed by atoms with Crippen LogP contribution in [0.5, 0.6) is 5.75 Å². The average molecular weight is 357 g/mol. The summed E-state index contributed by atoms with van der Waals surface area (Å²) < 4.78 is 5.89. The Morgan fingerprint density at radius 1 is 1.48 bits per heavy atom. The van der Waals surface area contributed by atoms with Crippen molar-refractivity contribution in [1.82, 2.24) is 15.2 Å². The van der Waals surface area contributed by atoms with Crippen molar-refractivity contribution in [2.75, 3.05) is 19.6 Å². The highest BCUT2D eigenvalue weighted by molar-refractivity contribution is 7.09. The van der Waals surface area contributed by atoms with Crippen molar-refractivity contribution >= 4 is 23.3 Å². The van der Waals surface area contributed by atoms with E-state index in [0.29, 0.717) is 6.61 Å². The van der Waals surface area contributed by atoms with E-state index in [2.05, 4.69) is 17.2 Å². The van der Waals surface area contributed by atoms with Crippen LogP contribution in [0.3, 0.4) is 0 Å². The fourth-order valence-electron chi connectivity index (χ4n) is 2.80. The van der Waals surface area contributed by atoms with Crippen molar-refractivity contribution in [3.05, 3.63) is 52.0 Å². The first-order valence-electron chi connectivity index (χ1n) is 8.45. The van der Waals surface area contributed by atoms with Gasteiger partial charge in [-0.2, -0.15) is 0 Å². The molecule has 1 aliphatic heterocycles. The molecule has 2 aromatic rings. The van der Waals surface area contributed by atoms with Gasteiger partial charge in [-0.25, -0.2) is 4.98 Å². The van der Waals surface area contributed by atoms with E-state index >= 15 is 0 Å². The molecule has 1 atom stereocenters. The first-order chi connectivity index (χ1) is 12.1. The second kappa shape index (κ2) is 8.27. The van der Waals surface area contributed by atoms with Crippen LogP contribution in [0.2, 0.25) is 0 Å². The number of piperazine rings is 1. The Labute approximate surface area is 152 Å². The fourth-order valence-corrected chi connectivity index (χ4v) is 3.40. The number of ether oxygens (including phenoxy) is 1. The number of hydrogen-bond acceptors (Lipinski definition) is 5. The molecule has 1 N–H and O–H groups in total. The molecule has 0 radical (unpaired) electrons. The molecule has 1 fully saturated rings. The molecule has 0 spiro atoms. The van der Waals surface area contributed by atoms with Crippen LogP contribution in [0.25, 0.3) is 6.08 Å². The Kier molecular flexibility index (Phi) is 5.83. The molecule has 1 aromatic carbocycles. The van der Waals surface area contributed by atoms with E-state index in [1.165, 1.54) is 0 Å². The minimum Gasteiger partial charge on any atom is -0.487 e. The molecule has 25 heavy (non-hydrogen) atoms. The van der Waals surface area contributed by atoms with E-state index in [1.54, 1.807) is 17.4 Å². The van der Waals surface area contributed by atoms with Gasteiger partial charge in [0.05, 0.1) is 10.7 Å². The molecule has 1 unspecified atom stereocenters. The van der Waals surface area contributed by atoms with Gasteiger partial charge in [-0.05, 0) is 26.0 Å². The van der Waals surface area contributed by atoms with Crippen molar-refractivity contribution in [3.63, 3.8) is 0 Å². The smallest absolute Gasteiger partial charge is 0.246 e. The molecule has 132 valence electrons. The molecule has 2 heterocycles. The third-order valence-corrected chi connectivity index (χ3v) is 4.97. The van der Waals surface area contributed by atoms with Crippen LogP contribution < -0.4 is 10.1 Å². The molecule has 3 rings (SSSR count). The topological polar surface area (TPSA) is 54.5 Å². The van der Waals surface area contributed by atoms with E-state index in [4.69, 9.17) is 4.74 Å². The average Bonchev–Trinajstić information content (AvgIpc) is 3.04. The molecule has 5 nitrogen and oxygen atoms in total. The van der Waals surface area contributed by atoms with Crippen molar-refractivity contribution < 1.29 is 9.53 Å². The number of carbonyl (C=O) groups is 1. The summed E-state index contributed by atoms with van der Waals surface area (Å²) in [6, 6.07) is 7.95. The first-order valence-corrected chi connectivity index (χ1v) is 9.33. The van der Waals surface area contributed by atoms with Crippen molar-refractivity contribution in [2.45, 2.75) is 26.5 Å². The Hall–Kier alpha value is -2.18. The van der Waals surface area contributed by atoms with Gasteiger partial charge in [-0.15, -0.1) is 11.3 Å². The fraction of sp³-hybridized carbons (Fsp3) is 0.368. The number of aryl methyl sites for hydroxylation is 1. The SMILES string of the molecule is Cc1nc(COc2ccccc2/C=C/C(=O)N2CCNCC2C)cs1. The van der Waals surface area contributed by atoms with Crippen LogP contribution in [-0.4, -0.2) is 41.5 Å². The lowest BCUT2D eigenvalue weighted by molar-refractivity contribution is -0.128.